The summed E-state index contributed by atoms with van der Waals surface area (Å²) >= 11 is 1.67. The van der Waals surface area contributed by atoms with Gasteiger partial charge in [0.1, 0.15) is 0 Å². The zero-order chi connectivity index (χ0) is 14.5. The SMILES string of the molecule is CCSc1nc(-c2ccccc2)cc(-c2ccccc2)n1. The molecule has 0 unspecified atom stereocenters. The molecule has 2 aromatic carbocycles. The van der Waals surface area contributed by atoms with Crippen molar-refractivity contribution in [1.82, 2.24) is 9.97 Å². The van der Waals surface area contributed by atoms with Gasteiger partial charge in [0, 0.05) is 11.1 Å². The molecule has 0 fully saturated rings. The van der Waals surface area contributed by atoms with E-state index in [1.807, 2.05) is 36.4 Å². The van der Waals surface area contributed by atoms with Crippen LogP contribution >= 0.6 is 11.8 Å². The van der Waals surface area contributed by atoms with E-state index in [0.717, 1.165) is 33.4 Å². The molecule has 1 heterocycles. The molecule has 3 aromatic rings. The fourth-order valence-electron chi connectivity index (χ4n) is 2.13. The number of thioether (sulfide) groups is 1. The summed E-state index contributed by atoms with van der Waals surface area (Å²) in [5, 5.41) is 0.831. The number of rotatable bonds is 4. The van der Waals surface area contributed by atoms with Gasteiger partial charge in [-0.2, -0.15) is 0 Å². The van der Waals surface area contributed by atoms with E-state index < -0.39 is 0 Å². The number of hydrogen-bond acceptors (Lipinski definition) is 3. The first-order valence-electron chi connectivity index (χ1n) is 6.99. The lowest BCUT2D eigenvalue weighted by Crippen LogP contribution is -1.94. The largest absolute Gasteiger partial charge is 0.222 e. The van der Waals surface area contributed by atoms with Crippen LogP contribution in [0.2, 0.25) is 0 Å². The number of benzene rings is 2. The van der Waals surface area contributed by atoms with Gasteiger partial charge in [-0.05, 0) is 11.8 Å². The monoisotopic (exact) mass is 292 g/mol. The van der Waals surface area contributed by atoms with Crippen molar-refractivity contribution >= 4 is 11.8 Å². The van der Waals surface area contributed by atoms with Gasteiger partial charge in [0.25, 0.3) is 0 Å². The quantitative estimate of drug-likeness (QED) is 0.504. The van der Waals surface area contributed by atoms with Gasteiger partial charge in [0.15, 0.2) is 5.16 Å². The Hall–Kier alpha value is -2.13. The second-order valence-corrected chi connectivity index (χ2v) is 5.82. The molecule has 0 aliphatic carbocycles. The maximum Gasteiger partial charge on any atom is 0.188 e. The van der Waals surface area contributed by atoms with Gasteiger partial charge in [0.2, 0.25) is 0 Å². The summed E-state index contributed by atoms with van der Waals surface area (Å²) < 4.78 is 0. The average molecular weight is 292 g/mol. The fourth-order valence-corrected chi connectivity index (χ4v) is 2.72. The molecule has 3 rings (SSSR count). The van der Waals surface area contributed by atoms with Crippen molar-refractivity contribution < 1.29 is 0 Å². The molecule has 0 atom stereocenters. The molecule has 21 heavy (non-hydrogen) atoms. The highest BCUT2D eigenvalue weighted by Crippen LogP contribution is 2.26. The highest BCUT2D eigenvalue weighted by molar-refractivity contribution is 7.99. The van der Waals surface area contributed by atoms with Gasteiger partial charge < -0.3 is 0 Å². The first kappa shape index (κ1) is 13.8. The van der Waals surface area contributed by atoms with E-state index in [1.54, 1.807) is 11.8 Å². The van der Waals surface area contributed by atoms with Crippen LogP contribution in [0, 0.1) is 0 Å². The molecule has 0 aliphatic heterocycles. The fraction of sp³-hybridized carbons (Fsp3) is 0.111. The molecule has 104 valence electrons. The van der Waals surface area contributed by atoms with E-state index in [-0.39, 0.29) is 0 Å². The van der Waals surface area contributed by atoms with Crippen LogP contribution in [0.25, 0.3) is 22.5 Å². The predicted molar refractivity (Wildman–Crippen MR) is 89.3 cm³/mol. The number of nitrogens with zero attached hydrogens (tertiary/aromatic N) is 2. The number of hydrogen-bond donors (Lipinski definition) is 0. The summed E-state index contributed by atoms with van der Waals surface area (Å²) in [5.74, 6) is 0.965. The van der Waals surface area contributed by atoms with Crippen LogP contribution in [-0.2, 0) is 0 Å². The Bertz CT molecular complexity index is 654. The average Bonchev–Trinajstić information content (AvgIpc) is 2.56. The van der Waals surface area contributed by atoms with E-state index in [2.05, 4.69) is 47.2 Å². The Morgan fingerprint density at radius 2 is 1.24 bits per heavy atom. The van der Waals surface area contributed by atoms with Crippen LogP contribution in [0.5, 0.6) is 0 Å². The van der Waals surface area contributed by atoms with Crippen LogP contribution in [0.4, 0.5) is 0 Å². The predicted octanol–water partition coefficient (Wildman–Crippen LogP) is 4.92. The lowest BCUT2D eigenvalue weighted by molar-refractivity contribution is 0.979. The summed E-state index contributed by atoms with van der Waals surface area (Å²) in [6, 6.07) is 22.6. The summed E-state index contributed by atoms with van der Waals surface area (Å²) in [7, 11) is 0. The molecule has 0 aliphatic rings. The Morgan fingerprint density at radius 3 is 1.67 bits per heavy atom. The van der Waals surface area contributed by atoms with Crippen LogP contribution < -0.4 is 0 Å². The zero-order valence-electron chi connectivity index (χ0n) is 11.9. The minimum atomic E-state index is 0.831. The summed E-state index contributed by atoms with van der Waals surface area (Å²) in [6.45, 7) is 2.12. The highest BCUT2D eigenvalue weighted by Gasteiger charge is 2.08. The molecular formula is C18H16N2S. The van der Waals surface area contributed by atoms with Crippen molar-refractivity contribution in [1.29, 1.82) is 0 Å². The standard InChI is InChI=1S/C18H16N2S/c1-2-21-18-19-16(14-9-5-3-6-10-14)13-17(20-18)15-11-7-4-8-12-15/h3-13H,2H2,1H3. The first-order valence-corrected chi connectivity index (χ1v) is 7.98. The molecule has 0 amide bonds. The summed E-state index contributed by atoms with van der Waals surface area (Å²) in [5.41, 5.74) is 4.19. The third-order valence-corrected chi connectivity index (χ3v) is 3.85. The molecule has 0 bridgehead atoms. The van der Waals surface area contributed by atoms with Crippen molar-refractivity contribution in [3.05, 3.63) is 66.7 Å². The van der Waals surface area contributed by atoms with E-state index in [0.29, 0.717) is 0 Å². The Labute approximate surface area is 129 Å². The van der Waals surface area contributed by atoms with Gasteiger partial charge in [-0.15, -0.1) is 0 Å². The molecule has 0 saturated heterocycles. The first-order chi connectivity index (χ1) is 10.4. The molecule has 1 aromatic heterocycles. The molecule has 3 heteroatoms. The maximum absolute atomic E-state index is 4.67. The van der Waals surface area contributed by atoms with Crippen LogP contribution in [-0.4, -0.2) is 15.7 Å². The maximum atomic E-state index is 4.67. The molecule has 0 N–H and O–H groups in total. The lowest BCUT2D eigenvalue weighted by atomic mass is 10.1. The Morgan fingerprint density at radius 1 is 0.762 bits per heavy atom. The third kappa shape index (κ3) is 3.31. The molecule has 0 saturated carbocycles. The molecular weight excluding hydrogens is 276 g/mol. The van der Waals surface area contributed by atoms with E-state index in [4.69, 9.17) is 0 Å². The van der Waals surface area contributed by atoms with Gasteiger partial charge in [-0.3, -0.25) is 0 Å². The van der Waals surface area contributed by atoms with Gasteiger partial charge in [-0.25, -0.2) is 9.97 Å². The van der Waals surface area contributed by atoms with Crippen molar-refractivity contribution in [2.45, 2.75) is 12.1 Å². The van der Waals surface area contributed by atoms with Crippen LogP contribution in [0.15, 0.2) is 71.9 Å². The Balaban J connectivity index is 2.11. The minimum Gasteiger partial charge on any atom is -0.222 e. The normalized spacial score (nSPS) is 10.5. The zero-order valence-corrected chi connectivity index (χ0v) is 12.7. The van der Waals surface area contributed by atoms with E-state index >= 15 is 0 Å². The van der Waals surface area contributed by atoms with Crippen molar-refractivity contribution in [2.24, 2.45) is 0 Å². The minimum absolute atomic E-state index is 0.831. The van der Waals surface area contributed by atoms with Crippen LogP contribution in [0.3, 0.4) is 0 Å². The summed E-state index contributed by atoms with van der Waals surface area (Å²) in [6.07, 6.45) is 0. The van der Waals surface area contributed by atoms with Crippen LogP contribution in [0.1, 0.15) is 6.92 Å². The van der Waals surface area contributed by atoms with Gasteiger partial charge in [0.05, 0.1) is 11.4 Å². The van der Waals surface area contributed by atoms with E-state index in [1.165, 1.54) is 0 Å². The second-order valence-electron chi connectivity index (χ2n) is 4.59. The molecule has 0 spiro atoms. The van der Waals surface area contributed by atoms with Crippen molar-refractivity contribution in [3.63, 3.8) is 0 Å². The van der Waals surface area contributed by atoms with E-state index in [9.17, 15) is 0 Å². The molecule has 0 radical (unpaired) electrons. The van der Waals surface area contributed by atoms with Crippen molar-refractivity contribution in [2.75, 3.05) is 5.75 Å². The third-order valence-electron chi connectivity index (χ3n) is 3.12. The lowest BCUT2D eigenvalue weighted by Gasteiger charge is -2.08. The highest BCUT2D eigenvalue weighted by atomic mass is 32.2. The van der Waals surface area contributed by atoms with Crippen molar-refractivity contribution in [3.8, 4) is 22.5 Å². The van der Waals surface area contributed by atoms with Gasteiger partial charge >= 0.3 is 0 Å². The smallest absolute Gasteiger partial charge is 0.188 e. The van der Waals surface area contributed by atoms with Gasteiger partial charge in [-0.1, -0.05) is 79.3 Å². The number of aromatic nitrogens is 2. The second kappa shape index (κ2) is 6.55. The molecule has 2 nitrogen and oxygen atoms in total. The topological polar surface area (TPSA) is 25.8 Å². The Kier molecular flexibility index (Phi) is 4.31. The summed E-state index contributed by atoms with van der Waals surface area (Å²) in [4.78, 5) is 9.34.